The minimum atomic E-state index is -0.644. The smallest absolute Gasteiger partial charge is 0.343 e. The molecule has 20 heavy (non-hydrogen) atoms. The molecule has 0 radical (unpaired) electrons. The summed E-state index contributed by atoms with van der Waals surface area (Å²) < 4.78 is 7.38. The van der Waals surface area contributed by atoms with Crippen molar-refractivity contribution in [2.75, 3.05) is 13.2 Å². The van der Waals surface area contributed by atoms with E-state index in [9.17, 15) is 9.59 Å². The molecule has 0 bridgehead atoms. The number of ether oxygens (including phenoxy) is 1. The summed E-state index contributed by atoms with van der Waals surface area (Å²) in [7, 11) is 0. The van der Waals surface area contributed by atoms with Crippen molar-refractivity contribution in [2.24, 2.45) is 0 Å². The molecule has 0 aliphatic rings. The number of hydrogen-bond acceptors (Lipinski definition) is 4. The molecule has 0 aliphatic heterocycles. The fourth-order valence-corrected chi connectivity index (χ4v) is 2.36. The van der Waals surface area contributed by atoms with E-state index in [0.29, 0.717) is 17.4 Å². The van der Waals surface area contributed by atoms with Crippen LogP contribution in [0, 0.1) is 0 Å². The molecule has 2 rings (SSSR count). The summed E-state index contributed by atoms with van der Waals surface area (Å²) in [5.41, 5.74) is 0.279. The number of aromatic nitrogens is 1. The molecule has 1 N–H and O–H groups in total. The standard InChI is InChI=1S/C14H14BrNO4/c1-2-20-14(19)11-8-16(5-6-17)12-7-9(15)3-4-10(12)13(11)18/h3-4,7-8,17H,2,5-6H2,1H3. The first-order valence-corrected chi connectivity index (χ1v) is 6.98. The molecule has 0 fully saturated rings. The first-order valence-electron chi connectivity index (χ1n) is 6.19. The van der Waals surface area contributed by atoms with Crippen molar-refractivity contribution in [1.29, 1.82) is 0 Å². The summed E-state index contributed by atoms with van der Waals surface area (Å²) in [5.74, 6) is -0.644. The molecular formula is C14H14BrNO4. The second kappa shape index (κ2) is 6.19. The van der Waals surface area contributed by atoms with Crippen molar-refractivity contribution in [3.8, 4) is 0 Å². The Morgan fingerprint density at radius 2 is 2.20 bits per heavy atom. The molecule has 5 nitrogen and oxygen atoms in total. The molecule has 1 heterocycles. The van der Waals surface area contributed by atoms with E-state index in [-0.39, 0.29) is 24.2 Å². The molecule has 0 saturated heterocycles. The number of carbonyl (C=O) groups is 1. The lowest BCUT2D eigenvalue weighted by molar-refractivity contribution is 0.0524. The van der Waals surface area contributed by atoms with Crippen LogP contribution in [0.3, 0.4) is 0 Å². The number of fused-ring (bicyclic) bond motifs is 1. The number of halogens is 1. The summed E-state index contributed by atoms with van der Waals surface area (Å²) in [6.45, 7) is 2.09. The number of esters is 1. The highest BCUT2D eigenvalue weighted by atomic mass is 79.9. The Balaban J connectivity index is 2.73. The number of carbonyl (C=O) groups excluding carboxylic acids is 1. The van der Waals surface area contributed by atoms with Gasteiger partial charge in [-0.3, -0.25) is 4.79 Å². The van der Waals surface area contributed by atoms with Crippen LogP contribution < -0.4 is 5.43 Å². The molecule has 106 valence electrons. The molecule has 0 saturated carbocycles. The third kappa shape index (κ3) is 2.76. The second-order valence-electron chi connectivity index (χ2n) is 4.17. The van der Waals surface area contributed by atoms with Gasteiger partial charge in [0, 0.05) is 22.6 Å². The van der Waals surface area contributed by atoms with Crippen LogP contribution in [-0.4, -0.2) is 28.9 Å². The van der Waals surface area contributed by atoms with Crippen LogP contribution in [0.1, 0.15) is 17.3 Å². The van der Waals surface area contributed by atoms with Crippen LogP contribution >= 0.6 is 15.9 Å². The molecule has 0 unspecified atom stereocenters. The van der Waals surface area contributed by atoms with Gasteiger partial charge in [-0.2, -0.15) is 0 Å². The van der Waals surface area contributed by atoms with E-state index in [2.05, 4.69) is 15.9 Å². The number of aliphatic hydroxyl groups is 1. The predicted octanol–water partition coefficient (Wildman–Crippen LogP) is 1.93. The predicted molar refractivity (Wildman–Crippen MR) is 79.0 cm³/mol. The number of nitrogens with zero attached hydrogens (tertiary/aromatic N) is 1. The molecule has 0 amide bonds. The number of aliphatic hydroxyl groups excluding tert-OH is 1. The molecule has 0 spiro atoms. The zero-order valence-electron chi connectivity index (χ0n) is 10.9. The van der Waals surface area contributed by atoms with Crippen LogP contribution in [0.2, 0.25) is 0 Å². The van der Waals surface area contributed by atoms with Crippen LogP contribution in [0.4, 0.5) is 0 Å². The highest BCUT2D eigenvalue weighted by Gasteiger charge is 2.16. The Labute approximate surface area is 123 Å². The Morgan fingerprint density at radius 1 is 1.45 bits per heavy atom. The molecule has 6 heteroatoms. The summed E-state index contributed by atoms with van der Waals surface area (Å²) >= 11 is 3.35. The van der Waals surface area contributed by atoms with Gasteiger partial charge >= 0.3 is 5.97 Å². The number of pyridine rings is 1. The third-order valence-corrected chi connectivity index (χ3v) is 3.37. The van der Waals surface area contributed by atoms with Crippen molar-refractivity contribution in [2.45, 2.75) is 13.5 Å². The largest absolute Gasteiger partial charge is 0.462 e. The lowest BCUT2D eigenvalue weighted by atomic mass is 10.1. The normalized spacial score (nSPS) is 10.8. The lowest BCUT2D eigenvalue weighted by Crippen LogP contribution is -2.21. The summed E-state index contributed by atoms with van der Waals surface area (Å²) in [5, 5.41) is 9.55. The Kier molecular flexibility index (Phi) is 4.57. The van der Waals surface area contributed by atoms with Crippen molar-refractivity contribution in [3.63, 3.8) is 0 Å². The average molecular weight is 340 g/mol. The minimum Gasteiger partial charge on any atom is -0.462 e. The summed E-state index contributed by atoms with van der Waals surface area (Å²) in [6.07, 6.45) is 1.44. The Hall–Kier alpha value is -1.66. The first-order chi connectivity index (χ1) is 9.58. The molecular weight excluding hydrogens is 326 g/mol. The Morgan fingerprint density at radius 3 is 2.85 bits per heavy atom. The van der Waals surface area contributed by atoms with E-state index in [1.807, 2.05) is 0 Å². The number of hydrogen-bond donors (Lipinski definition) is 1. The SMILES string of the molecule is CCOC(=O)c1cn(CCO)c2cc(Br)ccc2c1=O. The van der Waals surface area contributed by atoms with E-state index >= 15 is 0 Å². The fraction of sp³-hybridized carbons (Fsp3) is 0.286. The van der Waals surface area contributed by atoms with E-state index in [1.165, 1.54) is 6.20 Å². The van der Waals surface area contributed by atoms with Crippen LogP contribution in [0.15, 0.2) is 33.7 Å². The van der Waals surface area contributed by atoms with E-state index in [1.54, 1.807) is 29.7 Å². The molecule has 1 aromatic heterocycles. The maximum absolute atomic E-state index is 12.3. The van der Waals surface area contributed by atoms with Gasteiger partial charge in [-0.05, 0) is 25.1 Å². The zero-order chi connectivity index (χ0) is 14.7. The monoisotopic (exact) mass is 339 g/mol. The maximum atomic E-state index is 12.3. The van der Waals surface area contributed by atoms with Crippen LogP contribution in [0.25, 0.3) is 10.9 Å². The molecule has 1 aromatic carbocycles. The van der Waals surface area contributed by atoms with Crippen molar-refractivity contribution in [1.82, 2.24) is 4.57 Å². The lowest BCUT2D eigenvalue weighted by Gasteiger charge is -2.12. The van der Waals surface area contributed by atoms with Gasteiger partial charge in [0.2, 0.25) is 5.43 Å². The molecule has 0 aliphatic carbocycles. The Bertz CT molecular complexity index is 708. The third-order valence-electron chi connectivity index (χ3n) is 2.88. The fourth-order valence-electron chi connectivity index (χ4n) is 2.01. The highest BCUT2D eigenvalue weighted by Crippen LogP contribution is 2.18. The minimum absolute atomic E-state index is 0.0184. The zero-order valence-corrected chi connectivity index (χ0v) is 12.5. The van der Waals surface area contributed by atoms with E-state index < -0.39 is 5.97 Å². The van der Waals surface area contributed by atoms with Gasteiger partial charge in [-0.15, -0.1) is 0 Å². The first kappa shape index (κ1) is 14.7. The van der Waals surface area contributed by atoms with Crippen LogP contribution in [0.5, 0.6) is 0 Å². The molecule has 2 aromatic rings. The van der Waals surface area contributed by atoms with E-state index in [0.717, 1.165) is 4.47 Å². The van der Waals surface area contributed by atoms with Crippen molar-refractivity contribution >= 4 is 32.8 Å². The maximum Gasteiger partial charge on any atom is 0.343 e. The summed E-state index contributed by atoms with van der Waals surface area (Å²) in [6, 6.07) is 5.17. The van der Waals surface area contributed by atoms with Gasteiger partial charge in [0.05, 0.1) is 18.7 Å². The van der Waals surface area contributed by atoms with E-state index in [4.69, 9.17) is 9.84 Å². The average Bonchev–Trinajstić information content (AvgIpc) is 2.42. The van der Waals surface area contributed by atoms with Gasteiger partial charge in [0.25, 0.3) is 0 Å². The van der Waals surface area contributed by atoms with Gasteiger partial charge in [-0.25, -0.2) is 4.79 Å². The molecule has 0 atom stereocenters. The topological polar surface area (TPSA) is 68.5 Å². The summed E-state index contributed by atoms with van der Waals surface area (Å²) in [4.78, 5) is 24.1. The van der Waals surface area contributed by atoms with Crippen molar-refractivity contribution < 1.29 is 14.6 Å². The van der Waals surface area contributed by atoms with Gasteiger partial charge in [-0.1, -0.05) is 15.9 Å². The van der Waals surface area contributed by atoms with Gasteiger partial charge in [0.1, 0.15) is 5.56 Å². The number of benzene rings is 1. The highest BCUT2D eigenvalue weighted by molar-refractivity contribution is 9.10. The van der Waals surface area contributed by atoms with Crippen LogP contribution in [-0.2, 0) is 11.3 Å². The van der Waals surface area contributed by atoms with Gasteiger partial charge in [0.15, 0.2) is 0 Å². The second-order valence-corrected chi connectivity index (χ2v) is 5.09. The van der Waals surface area contributed by atoms with Crippen molar-refractivity contribution in [3.05, 3.63) is 44.7 Å². The van der Waals surface area contributed by atoms with Gasteiger partial charge < -0.3 is 14.4 Å². The quantitative estimate of drug-likeness (QED) is 0.864. The number of rotatable bonds is 4.